The Kier molecular flexibility index (Phi) is 19.1. The van der Waals surface area contributed by atoms with Gasteiger partial charge >= 0.3 is 0 Å². The third-order valence-corrected chi connectivity index (χ3v) is 36.6. The van der Waals surface area contributed by atoms with Crippen LogP contribution in [0.1, 0.15) is 276 Å². The van der Waals surface area contributed by atoms with E-state index >= 15 is 0 Å². The topological polar surface area (TPSA) is 13.0 Å². The number of nitrogens with zero attached hydrogens (tertiary/aromatic N) is 4. The van der Waals surface area contributed by atoms with Crippen molar-refractivity contribution in [3.8, 4) is 0 Å². The molecule has 12 aromatic carbocycles. The van der Waals surface area contributed by atoms with Gasteiger partial charge in [0.05, 0.1) is 45.5 Å². The van der Waals surface area contributed by atoms with Crippen LogP contribution in [-0.4, -0.2) is 0 Å². The Morgan fingerprint density at radius 3 is 0.500 bits per heavy atom. The van der Waals surface area contributed by atoms with Crippen LogP contribution in [0.4, 0.5) is 68.2 Å². The van der Waals surface area contributed by atoms with Gasteiger partial charge in [0.2, 0.25) is 0 Å². The molecule has 12 aromatic rings. The van der Waals surface area contributed by atoms with E-state index in [4.69, 9.17) is 0 Å². The summed E-state index contributed by atoms with van der Waals surface area (Å²) in [6, 6.07) is 87.4. The zero-order valence-electron chi connectivity index (χ0n) is 76.0. The van der Waals surface area contributed by atoms with Gasteiger partial charge in [-0.3, -0.25) is 0 Å². The van der Waals surface area contributed by atoms with Crippen molar-refractivity contribution < 1.29 is 0 Å². The third-order valence-electron chi connectivity index (χ3n) is 36.6. The van der Waals surface area contributed by atoms with Gasteiger partial charge in [-0.05, 0) is 426 Å². The molecule has 0 saturated heterocycles. The molecule has 16 aliphatic carbocycles. The molecule has 0 heterocycles. The van der Waals surface area contributed by atoms with Gasteiger partial charge in [0, 0.05) is 55.1 Å². The lowest BCUT2D eigenvalue weighted by Crippen LogP contribution is -2.48. The molecule has 124 heavy (non-hydrogen) atoms. The van der Waals surface area contributed by atoms with Crippen molar-refractivity contribution in [1.82, 2.24) is 0 Å². The lowest BCUT2D eigenvalue weighted by molar-refractivity contribution is -0.00530. The van der Waals surface area contributed by atoms with Gasteiger partial charge in [-0.1, -0.05) is 201 Å². The fourth-order valence-electron chi connectivity index (χ4n) is 32.9. The van der Waals surface area contributed by atoms with Crippen molar-refractivity contribution in [3.05, 3.63) is 273 Å². The van der Waals surface area contributed by atoms with E-state index in [1.807, 2.05) is 0 Å². The molecule has 16 fully saturated rings. The Balaban J connectivity index is 0.827. The zero-order valence-corrected chi connectivity index (χ0v) is 76.0. The van der Waals surface area contributed by atoms with E-state index < -0.39 is 0 Å². The highest BCUT2D eigenvalue weighted by Crippen LogP contribution is 2.67. The summed E-state index contributed by atoms with van der Waals surface area (Å²) in [7, 11) is 0. The smallest absolute Gasteiger partial charge is 0.0561 e. The largest absolute Gasteiger partial charge is 0.309 e. The van der Waals surface area contributed by atoms with Gasteiger partial charge in [-0.25, -0.2) is 0 Å². The second kappa shape index (κ2) is 30.3. The highest BCUT2D eigenvalue weighted by molar-refractivity contribution is 6.33. The summed E-state index contributed by atoms with van der Waals surface area (Å²) in [5.41, 5.74) is 33.8. The minimum absolute atomic E-state index is 0.263. The summed E-state index contributed by atoms with van der Waals surface area (Å²) in [5, 5.41) is 7.84. The van der Waals surface area contributed by atoms with Crippen LogP contribution in [0.15, 0.2) is 206 Å². The Labute approximate surface area is 741 Å². The van der Waals surface area contributed by atoms with Crippen LogP contribution >= 0.6 is 0 Å². The van der Waals surface area contributed by atoms with Crippen molar-refractivity contribution in [3.63, 3.8) is 0 Å². The number of benzene rings is 12. The summed E-state index contributed by atoms with van der Waals surface area (Å²) in [4.78, 5) is 11.4. The highest BCUT2D eigenvalue weighted by Gasteiger charge is 2.56. The van der Waals surface area contributed by atoms with Gasteiger partial charge in [-0.15, -0.1) is 0 Å². The minimum Gasteiger partial charge on any atom is -0.309 e. The van der Waals surface area contributed by atoms with Gasteiger partial charge in [0.15, 0.2) is 0 Å². The Hall–Kier alpha value is -9.12. The first kappa shape index (κ1) is 78.4. The molecule has 0 unspecified atom stereocenters. The molecule has 0 aromatic heterocycles. The molecule has 16 aliphatic rings. The lowest BCUT2D eigenvalue weighted by Gasteiger charge is -2.57. The first-order valence-corrected chi connectivity index (χ1v) is 50.6. The number of para-hydroxylation sites is 4. The average Bonchev–Trinajstić information content (AvgIpc) is 0.695. The van der Waals surface area contributed by atoms with E-state index in [9.17, 15) is 0 Å². The predicted molar refractivity (Wildman–Crippen MR) is 523 cm³/mol. The van der Waals surface area contributed by atoms with Crippen LogP contribution in [0.5, 0.6) is 0 Å². The zero-order chi connectivity index (χ0) is 83.2. The van der Waals surface area contributed by atoms with E-state index in [2.05, 4.69) is 281 Å². The lowest BCUT2D eigenvalue weighted by atomic mass is 9.48. The van der Waals surface area contributed by atoms with Crippen LogP contribution in [0.3, 0.4) is 0 Å². The summed E-state index contributed by atoms with van der Waals surface area (Å²) in [6.07, 6.45) is 40.9. The molecule has 0 amide bonds. The van der Waals surface area contributed by atoms with Gasteiger partial charge in [-0.2, -0.15) is 0 Å². The maximum absolute atomic E-state index is 2.84. The molecule has 16 bridgehead atoms. The second-order valence-electron chi connectivity index (χ2n) is 43.7. The van der Waals surface area contributed by atoms with Crippen molar-refractivity contribution in [1.29, 1.82) is 0 Å². The summed E-state index contributed by atoms with van der Waals surface area (Å²) >= 11 is 0. The molecule has 0 radical (unpaired) electrons. The number of aryl methyl sites for hydroxylation is 8. The first-order valence-electron chi connectivity index (χ1n) is 50.6. The van der Waals surface area contributed by atoms with Crippen LogP contribution in [0.25, 0.3) is 32.3 Å². The van der Waals surface area contributed by atoms with E-state index in [1.165, 1.54) is 299 Å². The summed E-state index contributed by atoms with van der Waals surface area (Å²) in [6.45, 7) is 19.3. The molecule has 4 nitrogen and oxygen atoms in total. The molecule has 28 rings (SSSR count). The predicted octanol–water partition coefficient (Wildman–Crippen LogP) is 32.8. The number of hydrogen-bond donors (Lipinski definition) is 0. The number of rotatable bonds is 24. The van der Waals surface area contributed by atoms with Gasteiger partial charge in [0.1, 0.15) is 0 Å². The van der Waals surface area contributed by atoms with Crippen LogP contribution < -0.4 is 19.6 Å². The Morgan fingerprint density at radius 2 is 0.355 bits per heavy atom. The van der Waals surface area contributed by atoms with Crippen LogP contribution in [-0.2, 0) is 73.0 Å². The van der Waals surface area contributed by atoms with E-state index in [0.717, 1.165) is 122 Å². The SMILES string of the molecule is CCc1cccc(CC)c1N(c1ccc(C23CC4CC(CC(C4)C2)C3)cc1)c1cc(N(c2ccc(C34CC5CC(CC(C5)C3)C4)cc2)c2c(CC)cccc2CC)c2ccc3c(N(c4ccc(C56CC7CC(CC(C7)C5)C6)cc4)c4c(CC)cccc4CC)cc(N(c4ccc(C56CC7CC(CC(C7)C5)C6)cc4)c4c(CC)cccc4CC)c4ccc1c2c43. The molecule has 4 heteroatoms. The molecule has 16 saturated carbocycles. The molecule has 0 N–H and O–H groups in total. The van der Waals surface area contributed by atoms with Crippen molar-refractivity contribution in [2.75, 3.05) is 19.6 Å². The Bertz CT molecular complexity index is 5130. The van der Waals surface area contributed by atoms with Gasteiger partial charge in [0.25, 0.3) is 0 Å². The molecule has 0 atom stereocenters. The van der Waals surface area contributed by atoms with Crippen LogP contribution in [0.2, 0.25) is 0 Å². The summed E-state index contributed by atoms with van der Waals surface area (Å²) in [5.74, 6) is 10.4. The number of hydrogen-bond acceptors (Lipinski definition) is 4. The van der Waals surface area contributed by atoms with E-state index in [1.54, 1.807) is 22.3 Å². The first-order chi connectivity index (χ1) is 60.7. The standard InChI is InChI=1S/C120H134N4/c1-9-87-21-17-22-88(10-2)113(87)121(99-37-29-95(30-38-99)117-63-75-49-76(64-117)51-77(50-75)65-117)107-61-108(122(114-89(11-3)23-18-24-90(114)12-4)100-39-31-96(32-40-100)118-66-78-52-79(67-118)54-80(53-78)68-118)104-47-48-106-110(124(116-93(15-7)27-20-28-94(116)16-8)102-43-35-98(36-44-102)120-72-84-58-85(73-120)60-86(59-84)74-120)62-109(105-46-45-103(107)111(104)112(105)106)123(115-91(13-5)25-19-26-92(115)14-6)101-41-33-97(34-42-101)119-69-81-55-82(70-119)57-83(56-81)71-119/h17-48,61-62,75-86H,9-16,49-60,63-74H2,1-8H3. The van der Waals surface area contributed by atoms with E-state index in [0.29, 0.717) is 0 Å². The molecular weight excluding hydrogens is 1500 g/mol. The fraction of sp³-hybridized carbons (Fsp3) is 0.467. The molecule has 634 valence electrons. The second-order valence-corrected chi connectivity index (χ2v) is 43.7. The molecular formula is C120H134N4. The van der Waals surface area contributed by atoms with Crippen molar-refractivity contribution >= 4 is 101 Å². The third kappa shape index (κ3) is 12.5. The molecule has 0 spiro atoms. The molecule has 0 aliphatic heterocycles. The van der Waals surface area contributed by atoms with Gasteiger partial charge < -0.3 is 19.6 Å². The number of anilines is 12. The maximum Gasteiger partial charge on any atom is 0.0561 e. The average molecular weight is 1630 g/mol. The highest BCUT2D eigenvalue weighted by atomic mass is 15.2. The summed E-state index contributed by atoms with van der Waals surface area (Å²) < 4.78 is 0. The minimum atomic E-state index is 0.263. The van der Waals surface area contributed by atoms with Crippen molar-refractivity contribution in [2.45, 2.75) is 283 Å². The maximum atomic E-state index is 2.84. The fourth-order valence-corrected chi connectivity index (χ4v) is 32.9. The quantitative estimate of drug-likeness (QED) is 0.0559. The van der Waals surface area contributed by atoms with Crippen molar-refractivity contribution in [2.24, 2.45) is 71.0 Å². The van der Waals surface area contributed by atoms with E-state index in [-0.39, 0.29) is 21.7 Å². The monoisotopic (exact) mass is 1630 g/mol. The normalized spacial score (nSPS) is 29.4. The van der Waals surface area contributed by atoms with Crippen LogP contribution in [0, 0.1) is 71.0 Å². The Morgan fingerprint density at radius 1 is 0.202 bits per heavy atom.